The van der Waals surface area contributed by atoms with Gasteiger partial charge in [0.15, 0.2) is 17.5 Å². The number of aromatic nitrogens is 2. The van der Waals surface area contributed by atoms with Gasteiger partial charge in [-0.15, -0.1) is 24.0 Å². The summed E-state index contributed by atoms with van der Waals surface area (Å²) in [7, 11) is 3.87. The molecule has 9 heteroatoms. The third-order valence-electron chi connectivity index (χ3n) is 4.09. The summed E-state index contributed by atoms with van der Waals surface area (Å²) in [5.41, 5.74) is 2.22. The van der Waals surface area contributed by atoms with Crippen molar-refractivity contribution in [2.24, 2.45) is 12.0 Å². The van der Waals surface area contributed by atoms with Gasteiger partial charge in [0.05, 0.1) is 12.2 Å². The van der Waals surface area contributed by atoms with Gasteiger partial charge in [0.2, 0.25) is 0 Å². The van der Waals surface area contributed by atoms with Crippen LogP contribution >= 0.6 is 24.0 Å². The molecule has 0 aliphatic carbocycles. The first-order valence-electron chi connectivity index (χ1n) is 9.41. The zero-order valence-electron chi connectivity index (χ0n) is 17.6. The first kappa shape index (κ1) is 25.1. The molecule has 0 unspecified atom stereocenters. The predicted octanol–water partition coefficient (Wildman–Crippen LogP) is 3.92. The fraction of sp³-hybridized carbons (Fsp3) is 0.500. The summed E-state index contributed by atoms with van der Waals surface area (Å²) in [5, 5.41) is 7.78. The molecule has 1 aromatic carbocycles. The number of aryl methyl sites for hydroxylation is 1. The fourth-order valence-electron chi connectivity index (χ4n) is 2.86. The molecule has 0 saturated carbocycles. The average Bonchev–Trinajstić information content (AvgIpc) is 2.99. The van der Waals surface area contributed by atoms with Crippen LogP contribution in [0.5, 0.6) is 5.75 Å². The van der Waals surface area contributed by atoms with Gasteiger partial charge in [-0.25, -0.2) is 13.8 Å². The summed E-state index contributed by atoms with van der Waals surface area (Å²) in [4.78, 5) is 6.55. The number of nitrogens with zero attached hydrogens (tertiary/aromatic N) is 4. The molecule has 29 heavy (non-hydrogen) atoms. The number of hydrogen-bond donors (Lipinski definition) is 1. The van der Waals surface area contributed by atoms with Gasteiger partial charge in [0.25, 0.3) is 0 Å². The van der Waals surface area contributed by atoms with Gasteiger partial charge in [-0.05, 0) is 25.0 Å². The molecule has 0 bridgehead atoms. The van der Waals surface area contributed by atoms with Crippen molar-refractivity contribution in [2.45, 2.75) is 33.2 Å². The van der Waals surface area contributed by atoms with E-state index < -0.39 is 11.6 Å². The minimum atomic E-state index is -0.717. The SMILES string of the molecule is CCNC(=NCCOc1ccc(F)cc1F)N(C)Cc1cn(C)nc1C(C)C.I. The lowest BCUT2D eigenvalue weighted by Crippen LogP contribution is -2.39. The van der Waals surface area contributed by atoms with Crippen molar-refractivity contribution >= 4 is 29.9 Å². The molecule has 2 aromatic rings. The van der Waals surface area contributed by atoms with E-state index in [0.717, 1.165) is 29.8 Å². The molecule has 0 aliphatic heterocycles. The molecule has 0 amide bonds. The predicted molar refractivity (Wildman–Crippen MR) is 122 cm³/mol. The summed E-state index contributed by atoms with van der Waals surface area (Å²) in [6, 6.07) is 3.25. The Morgan fingerprint density at radius 2 is 2.07 bits per heavy atom. The molecule has 2 rings (SSSR count). The second-order valence-electron chi connectivity index (χ2n) is 6.88. The lowest BCUT2D eigenvalue weighted by molar-refractivity contribution is 0.309. The van der Waals surface area contributed by atoms with Crippen molar-refractivity contribution in [3.63, 3.8) is 0 Å². The number of halogens is 3. The van der Waals surface area contributed by atoms with Crippen LogP contribution in [0.4, 0.5) is 8.78 Å². The highest BCUT2D eigenvalue weighted by molar-refractivity contribution is 14.0. The Bertz CT molecular complexity index is 810. The lowest BCUT2D eigenvalue weighted by atomic mass is 10.1. The van der Waals surface area contributed by atoms with Crippen LogP contribution in [-0.4, -0.2) is 47.4 Å². The van der Waals surface area contributed by atoms with E-state index in [1.807, 2.05) is 36.8 Å². The minimum absolute atomic E-state index is 0. The standard InChI is InChI=1S/C20H29F2N5O.HI/c1-6-23-20(24-9-10-28-18-8-7-16(21)11-17(18)22)26(4)12-15-13-27(5)25-19(15)14(2)3;/h7-8,11,13-14H,6,9-10,12H2,1-5H3,(H,23,24);1H. The molecule has 162 valence electrons. The first-order valence-corrected chi connectivity index (χ1v) is 9.41. The van der Waals surface area contributed by atoms with Crippen molar-refractivity contribution in [3.8, 4) is 5.75 Å². The van der Waals surface area contributed by atoms with Crippen molar-refractivity contribution in [1.29, 1.82) is 0 Å². The molecule has 0 atom stereocenters. The number of ether oxygens (including phenoxy) is 1. The van der Waals surface area contributed by atoms with Crippen LogP contribution in [0.3, 0.4) is 0 Å². The van der Waals surface area contributed by atoms with Gasteiger partial charge in [-0.2, -0.15) is 5.10 Å². The second-order valence-corrected chi connectivity index (χ2v) is 6.88. The van der Waals surface area contributed by atoms with E-state index in [-0.39, 0.29) is 36.3 Å². The van der Waals surface area contributed by atoms with Gasteiger partial charge in [0.1, 0.15) is 12.4 Å². The smallest absolute Gasteiger partial charge is 0.194 e. The van der Waals surface area contributed by atoms with E-state index in [4.69, 9.17) is 4.74 Å². The Morgan fingerprint density at radius 1 is 1.34 bits per heavy atom. The Hall–Kier alpha value is -1.91. The van der Waals surface area contributed by atoms with Gasteiger partial charge in [0, 0.05) is 45.0 Å². The zero-order chi connectivity index (χ0) is 20.7. The Balaban J connectivity index is 0.00000420. The fourth-order valence-corrected chi connectivity index (χ4v) is 2.86. The van der Waals surface area contributed by atoms with E-state index in [2.05, 4.69) is 29.3 Å². The molecule has 6 nitrogen and oxygen atoms in total. The van der Waals surface area contributed by atoms with Gasteiger partial charge < -0.3 is 15.0 Å². The maximum Gasteiger partial charge on any atom is 0.194 e. The molecule has 1 heterocycles. The van der Waals surface area contributed by atoms with Gasteiger partial charge in [-0.3, -0.25) is 4.68 Å². The Kier molecular flexibility index (Phi) is 10.3. The second kappa shape index (κ2) is 11.9. The third kappa shape index (κ3) is 7.45. The number of benzene rings is 1. The number of rotatable bonds is 8. The van der Waals surface area contributed by atoms with Crippen LogP contribution in [0, 0.1) is 11.6 Å². The quantitative estimate of drug-likeness (QED) is 0.248. The molecule has 0 spiro atoms. The van der Waals surface area contributed by atoms with Gasteiger partial charge >= 0.3 is 0 Å². The molecule has 0 aliphatic rings. The minimum Gasteiger partial charge on any atom is -0.489 e. The van der Waals surface area contributed by atoms with Crippen LogP contribution in [0.25, 0.3) is 0 Å². The summed E-state index contributed by atoms with van der Waals surface area (Å²) < 4.78 is 33.7. The summed E-state index contributed by atoms with van der Waals surface area (Å²) >= 11 is 0. The maximum absolute atomic E-state index is 13.6. The molecule has 1 N–H and O–H groups in total. The summed E-state index contributed by atoms with van der Waals surface area (Å²) in [6.07, 6.45) is 2.02. The van der Waals surface area contributed by atoms with Crippen LogP contribution in [-0.2, 0) is 13.6 Å². The number of nitrogens with one attached hydrogen (secondary N) is 1. The monoisotopic (exact) mass is 521 g/mol. The largest absolute Gasteiger partial charge is 0.489 e. The van der Waals surface area contributed by atoms with E-state index in [1.165, 1.54) is 12.1 Å². The van der Waals surface area contributed by atoms with Crippen molar-refractivity contribution < 1.29 is 13.5 Å². The molecule has 1 aromatic heterocycles. The van der Waals surface area contributed by atoms with Crippen molar-refractivity contribution in [2.75, 3.05) is 26.7 Å². The van der Waals surface area contributed by atoms with E-state index in [1.54, 1.807) is 0 Å². The Morgan fingerprint density at radius 3 is 2.69 bits per heavy atom. The maximum atomic E-state index is 13.6. The highest BCUT2D eigenvalue weighted by Crippen LogP contribution is 2.19. The van der Waals surface area contributed by atoms with Gasteiger partial charge in [-0.1, -0.05) is 13.8 Å². The van der Waals surface area contributed by atoms with Crippen LogP contribution in [0.2, 0.25) is 0 Å². The number of aliphatic imine (C=N–C) groups is 1. The highest BCUT2D eigenvalue weighted by atomic mass is 127. The van der Waals surface area contributed by atoms with Crippen LogP contribution in [0.1, 0.15) is 37.9 Å². The topological polar surface area (TPSA) is 54.7 Å². The van der Waals surface area contributed by atoms with Crippen molar-refractivity contribution in [3.05, 3.63) is 47.3 Å². The molecule has 0 saturated heterocycles. The van der Waals surface area contributed by atoms with Crippen LogP contribution in [0.15, 0.2) is 29.4 Å². The summed E-state index contributed by atoms with van der Waals surface area (Å²) in [5.74, 6) is -0.264. The zero-order valence-corrected chi connectivity index (χ0v) is 19.9. The summed E-state index contributed by atoms with van der Waals surface area (Å²) in [6.45, 7) is 8.16. The third-order valence-corrected chi connectivity index (χ3v) is 4.09. The number of guanidine groups is 1. The number of hydrogen-bond acceptors (Lipinski definition) is 3. The van der Waals surface area contributed by atoms with Crippen molar-refractivity contribution in [1.82, 2.24) is 20.0 Å². The molecule has 0 radical (unpaired) electrons. The van der Waals surface area contributed by atoms with E-state index >= 15 is 0 Å². The van der Waals surface area contributed by atoms with E-state index in [0.29, 0.717) is 19.0 Å². The Labute approximate surface area is 188 Å². The van der Waals surface area contributed by atoms with E-state index in [9.17, 15) is 8.78 Å². The molecular weight excluding hydrogens is 491 g/mol. The average molecular weight is 521 g/mol. The normalized spacial score (nSPS) is 11.4. The molecule has 0 fully saturated rings. The highest BCUT2D eigenvalue weighted by Gasteiger charge is 2.15. The van der Waals surface area contributed by atoms with Crippen LogP contribution < -0.4 is 10.1 Å². The molecular formula is C20H30F2IN5O. The lowest BCUT2D eigenvalue weighted by Gasteiger charge is -2.22. The first-order chi connectivity index (χ1) is 13.3.